The minimum absolute atomic E-state index is 0.000987. The Morgan fingerprint density at radius 1 is 1.19 bits per heavy atom. The van der Waals surface area contributed by atoms with Crippen LogP contribution in [-0.4, -0.2) is 30.9 Å². The summed E-state index contributed by atoms with van der Waals surface area (Å²) >= 11 is 1.27. The molecule has 0 aliphatic carbocycles. The van der Waals surface area contributed by atoms with E-state index >= 15 is 0 Å². The van der Waals surface area contributed by atoms with Gasteiger partial charge >= 0.3 is 0 Å². The number of phenols is 3. The lowest BCUT2D eigenvalue weighted by Crippen LogP contribution is -2.00. The molecule has 0 radical (unpaired) electrons. The average molecular weight is 386 g/mol. The van der Waals surface area contributed by atoms with Crippen LogP contribution in [0.25, 0.3) is 11.3 Å². The summed E-state index contributed by atoms with van der Waals surface area (Å²) < 4.78 is 0. The van der Waals surface area contributed by atoms with E-state index in [2.05, 4.69) is 15.5 Å². The number of nitro groups is 1. The first-order valence-corrected chi connectivity index (χ1v) is 8.49. The van der Waals surface area contributed by atoms with Crippen LogP contribution in [-0.2, 0) is 0 Å². The molecule has 0 aliphatic rings. The second-order valence-electron chi connectivity index (χ2n) is 5.51. The minimum atomic E-state index is -0.469. The second-order valence-corrected chi connectivity index (χ2v) is 6.37. The van der Waals surface area contributed by atoms with Gasteiger partial charge in [-0.2, -0.15) is 5.10 Å². The fraction of sp³-hybridized carbons (Fsp3) is 0.0588. The molecule has 0 saturated carbocycles. The molecule has 1 aromatic heterocycles. The van der Waals surface area contributed by atoms with Gasteiger partial charge in [0.05, 0.1) is 21.9 Å². The van der Waals surface area contributed by atoms with E-state index in [-0.39, 0.29) is 34.2 Å². The summed E-state index contributed by atoms with van der Waals surface area (Å²) in [6, 6.07) is 8.23. The molecule has 10 heteroatoms. The lowest BCUT2D eigenvalue weighted by Gasteiger charge is -2.07. The fourth-order valence-corrected chi connectivity index (χ4v) is 3.03. The van der Waals surface area contributed by atoms with Crippen LogP contribution in [0.3, 0.4) is 0 Å². The normalized spacial score (nSPS) is 11.4. The van der Waals surface area contributed by atoms with E-state index in [1.54, 1.807) is 24.4 Å². The summed E-state index contributed by atoms with van der Waals surface area (Å²) in [7, 11) is 0. The molecule has 0 unspecified atom stereocenters. The highest BCUT2D eigenvalue weighted by Gasteiger charge is 2.13. The molecule has 2 aromatic carbocycles. The molecule has 138 valence electrons. The molecule has 9 nitrogen and oxygen atoms in total. The number of nitrogens with one attached hydrogen (secondary N) is 1. The monoisotopic (exact) mass is 386 g/mol. The number of hydrazone groups is 1. The van der Waals surface area contributed by atoms with Gasteiger partial charge in [0, 0.05) is 35.2 Å². The molecule has 1 heterocycles. The van der Waals surface area contributed by atoms with Gasteiger partial charge < -0.3 is 15.3 Å². The first-order chi connectivity index (χ1) is 12.8. The van der Waals surface area contributed by atoms with Gasteiger partial charge in [-0.15, -0.1) is 11.3 Å². The van der Waals surface area contributed by atoms with Gasteiger partial charge in [-0.25, -0.2) is 4.98 Å². The lowest BCUT2D eigenvalue weighted by molar-refractivity contribution is -0.384. The highest BCUT2D eigenvalue weighted by Crippen LogP contribution is 2.32. The van der Waals surface area contributed by atoms with Crippen molar-refractivity contribution in [3.05, 3.63) is 57.5 Å². The Morgan fingerprint density at radius 3 is 2.41 bits per heavy atom. The van der Waals surface area contributed by atoms with E-state index in [0.29, 0.717) is 10.8 Å². The molecule has 4 N–H and O–H groups in total. The van der Waals surface area contributed by atoms with Crippen molar-refractivity contribution >= 4 is 27.9 Å². The van der Waals surface area contributed by atoms with Gasteiger partial charge in [-0.3, -0.25) is 15.5 Å². The number of aromatic nitrogens is 1. The maximum atomic E-state index is 10.7. The zero-order valence-corrected chi connectivity index (χ0v) is 14.8. The Balaban J connectivity index is 1.78. The molecule has 0 bridgehead atoms. The highest BCUT2D eigenvalue weighted by molar-refractivity contribution is 7.14. The average Bonchev–Trinajstić information content (AvgIpc) is 3.08. The van der Waals surface area contributed by atoms with E-state index in [0.717, 1.165) is 17.7 Å². The number of nitro benzene ring substituents is 1. The Labute approximate surface area is 157 Å². The first kappa shape index (κ1) is 18.1. The Kier molecular flexibility index (Phi) is 4.90. The van der Waals surface area contributed by atoms with Crippen molar-refractivity contribution in [3.63, 3.8) is 0 Å². The summed E-state index contributed by atoms with van der Waals surface area (Å²) in [5.74, 6) is -0.871. The maximum absolute atomic E-state index is 10.7. The summed E-state index contributed by atoms with van der Waals surface area (Å²) in [6.45, 7) is 1.57. The summed E-state index contributed by atoms with van der Waals surface area (Å²) in [6.07, 6.45) is 0. The number of thiazole rings is 1. The Bertz CT molecular complexity index is 1010. The zero-order chi connectivity index (χ0) is 19.6. The first-order valence-electron chi connectivity index (χ1n) is 7.61. The number of hydrogen-bond donors (Lipinski definition) is 4. The topological polar surface area (TPSA) is 141 Å². The predicted molar refractivity (Wildman–Crippen MR) is 101 cm³/mol. The van der Waals surface area contributed by atoms with E-state index in [9.17, 15) is 25.4 Å². The van der Waals surface area contributed by atoms with E-state index < -0.39 is 4.92 Å². The largest absolute Gasteiger partial charge is 0.508 e. The van der Waals surface area contributed by atoms with Gasteiger partial charge in [0.25, 0.3) is 5.69 Å². The number of benzene rings is 2. The number of non-ortho nitro benzene ring substituents is 1. The summed E-state index contributed by atoms with van der Waals surface area (Å²) in [5.41, 5.74) is 4.46. The van der Waals surface area contributed by atoms with Gasteiger partial charge in [0.2, 0.25) is 5.13 Å². The van der Waals surface area contributed by atoms with Crippen LogP contribution in [0.15, 0.2) is 46.9 Å². The van der Waals surface area contributed by atoms with E-state index in [1.807, 2.05) is 0 Å². The zero-order valence-electron chi connectivity index (χ0n) is 13.9. The van der Waals surface area contributed by atoms with Crippen molar-refractivity contribution in [1.29, 1.82) is 0 Å². The molecule has 0 amide bonds. The highest BCUT2D eigenvalue weighted by atomic mass is 32.1. The molecule has 27 heavy (non-hydrogen) atoms. The standard InChI is InChI=1S/C17H14N4O5S/c1-9(16-14(23)6-12(22)7-15(16)24)19-20-17-18-13(8-27-17)10-2-4-11(5-3-10)21(25)26/h2-8,22-24H,1H3,(H,18,20)/b19-9-. The predicted octanol–water partition coefficient (Wildman–Crippen LogP) is 3.67. The molecule has 3 aromatic rings. The fourth-order valence-electron chi connectivity index (χ4n) is 2.37. The van der Waals surface area contributed by atoms with Gasteiger partial charge in [-0.05, 0) is 19.1 Å². The third-order valence-corrected chi connectivity index (χ3v) is 4.39. The third kappa shape index (κ3) is 3.96. The van der Waals surface area contributed by atoms with Crippen LogP contribution in [0.1, 0.15) is 12.5 Å². The third-order valence-electron chi connectivity index (χ3n) is 3.64. The minimum Gasteiger partial charge on any atom is -0.508 e. The van der Waals surface area contributed by atoms with Crippen molar-refractivity contribution in [2.24, 2.45) is 5.10 Å². The van der Waals surface area contributed by atoms with Crippen LogP contribution >= 0.6 is 11.3 Å². The number of hydrogen-bond acceptors (Lipinski definition) is 9. The molecule has 0 fully saturated rings. The van der Waals surface area contributed by atoms with E-state index in [1.165, 1.54) is 23.5 Å². The molecule has 0 spiro atoms. The second kappa shape index (κ2) is 7.30. The van der Waals surface area contributed by atoms with Gasteiger partial charge in [0.15, 0.2) is 0 Å². The SMILES string of the molecule is C/C(=N/Nc1nc(-c2ccc([N+](=O)[O-])cc2)cs1)c1c(O)cc(O)cc1O. The van der Waals surface area contributed by atoms with Crippen molar-refractivity contribution in [1.82, 2.24) is 4.98 Å². The molecular weight excluding hydrogens is 372 g/mol. The van der Waals surface area contributed by atoms with Crippen LogP contribution < -0.4 is 5.43 Å². The Morgan fingerprint density at radius 2 is 1.81 bits per heavy atom. The number of aromatic hydroxyl groups is 3. The van der Waals surface area contributed by atoms with Crippen molar-refractivity contribution in [2.75, 3.05) is 5.43 Å². The molecule has 3 rings (SSSR count). The maximum Gasteiger partial charge on any atom is 0.269 e. The lowest BCUT2D eigenvalue weighted by atomic mass is 10.1. The van der Waals surface area contributed by atoms with E-state index in [4.69, 9.17) is 0 Å². The van der Waals surface area contributed by atoms with Gasteiger partial charge in [0.1, 0.15) is 17.2 Å². The number of rotatable bonds is 5. The number of nitrogens with zero attached hydrogens (tertiary/aromatic N) is 3. The van der Waals surface area contributed by atoms with Crippen molar-refractivity contribution < 1.29 is 20.2 Å². The molecule has 0 aliphatic heterocycles. The smallest absolute Gasteiger partial charge is 0.269 e. The number of phenolic OH excluding ortho intramolecular Hbond substituents is 3. The van der Waals surface area contributed by atoms with Crippen molar-refractivity contribution in [2.45, 2.75) is 6.92 Å². The summed E-state index contributed by atoms with van der Waals surface area (Å²) in [5, 5.41) is 46.1. The van der Waals surface area contributed by atoms with Crippen molar-refractivity contribution in [3.8, 4) is 28.5 Å². The quantitative estimate of drug-likeness (QED) is 0.298. The van der Waals surface area contributed by atoms with Crippen LogP contribution in [0.2, 0.25) is 0 Å². The number of anilines is 1. The van der Waals surface area contributed by atoms with Crippen LogP contribution in [0, 0.1) is 10.1 Å². The summed E-state index contributed by atoms with van der Waals surface area (Å²) in [4.78, 5) is 14.6. The molecule has 0 atom stereocenters. The van der Waals surface area contributed by atoms with Gasteiger partial charge in [-0.1, -0.05) is 0 Å². The Hall–Kier alpha value is -3.66. The molecular formula is C17H14N4O5S. The van der Waals surface area contributed by atoms with Crippen LogP contribution in [0.5, 0.6) is 17.2 Å². The van der Waals surface area contributed by atoms with Crippen LogP contribution in [0.4, 0.5) is 10.8 Å². The molecule has 0 saturated heterocycles.